The first-order chi connectivity index (χ1) is 29.7. The number of anilines is 3. The van der Waals surface area contributed by atoms with E-state index in [1.165, 1.54) is 86.6 Å². The number of rotatable bonds is 8. The number of benzene rings is 10. The maximum Gasteiger partial charge on any atom is 0.0473 e. The molecule has 0 N–H and O–H groups in total. The molecule has 2 heteroatoms. The van der Waals surface area contributed by atoms with Gasteiger partial charge < -0.3 is 4.90 Å². The van der Waals surface area contributed by atoms with Crippen molar-refractivity contribution in [1.29, 1.82) is 0 Å². The fourth-order valence-electron chi connectivity index (χ4n) is 8.54. The Bertz CT molecular complexity index is 3230. The maximum absolute atomic E-state index is 2.42. The maximum atomic E-state index is 2.42. The van der Waals surface area contributed by atoms with E-state index in [0.717, 1.165) is 17.1 Å². The summed E-state index contributed by atoms with van der Waals surface area (Å²) in [6, 6.07) is 86.2. The van der Waals surface area contributed by atoms with Crippen LogP contribution in [0.1, 0.15) is 0 Å². The van der Waals surface area contributed by atoms with Gasteiger partial charge in [-0.15, -0.1) is 11.3 Å². The van der Waals surface area contributed by atoms with Gasteiger partial charge in [-0.2, -0.15) is 0 Å². The van der Waals surface area contributed by atoms with E-state index in [2.05, 4.69) is 241 Å². The lowest BCUT2D eigenvalue weighted by molar-refractivity contribution is 1.29. The lowest BCUT2D eigenvalue weighted by Gasteiger charge is -2.27. The Hall–Kier alpha value is -7.52. The van der Waals surface area contributed by atoms with Gasteiger partial charge in [0.05, 0.1) is 0 Å². The molecule has 1 heterocycles. The molecule has 11 rings (SSSR count). The fourth-order valence-corrected chi connectivity index (χ4v) is 9.63. The third kappa shape index (κ3) is 6.83. The second-order valence-corrected chi connectivity index (χ2v) is 16.5. The zero-order valence-electron chi connectivity index (χ0n) is 32.9. The van der Waals surface area contributed by atoms with Gasteiger partial charge in [0.25, 0.3) is 0 Å². The average molecular weight is 782 g/mol. The minimum Gasteiger partial charge on any atom is -0.310 e. The molecule has 1 aromatic heterocycles. The second kappa shape index (κ2) is 15.3. The van der Waals surface area contributed by atoms with Crippen molar-refractivity contribution in [1.82, 2.24) is 0 Å². The van der Waals surface area contributed by atoms with Crippen LogP contribution in [-0.4, -0.2) is 0 Å². The summed E-state index contributed by atoms with van der Waals surface area (Å²) >= 11 is 1.85. The van der Waals surface area contributed by atoms with Crippen LogP contribution in [0.15, 0.2) is 237 Å². The van der Waals surface area contributed by atoms with Gasteiger partial charge in [-0.1, -0.05) is 170 Å². The standard InChI is InChI=1S/C58H39NS/c1-3-12-40(13-4-1)50-36-51(41-14-5-2-6-15-41)38-54(37-50)59(53-32-33-58-56(39-53)55-20-9-10-21-57(55)60-58)52-30-28-44(29-31-52)43-22-24-45(25-23-43)47-18-11-19-48(34-47)49-27-26-42-16-7-8-17-46(42)35-49/h1-39H. The lowest BCUT2D eigenvalue weighted by atomic mass is 9.96. The molecule has 0 unspecified atom stereocenters. The largest absolute Gasteiger partial charge is 0.310 e. The summed E-state index contributed by atoms with van der Waals surface area (Å²) in [6.45, 7) is 0. The molecular formula is C58H39NS. The van der Waals surface area contributed by atoms with E-state index in [-0.39, 0.29) is 0 Å². The Balaban J connectivity index is 0.973. The topological polar surface area (TPSA) is 3.24 Å². The molecule has 0 aliphatic rings. The van der Waals surface area contributed by atoms with E-state index in [4.69, 9.17) is 0 Å². The summed E-state index contributed by atoms with van der Waals surface area (Å²) in [4.78, 5) is 2.42. The number of hydrogen-bond acceptors (Lipinski definition) is 2. The Labute approximate surface area is 354 Å². The number of fused-ring (bicyclic) bond motifs is 4. The van der Waals surface area contributed by atoms with Crippen molar-refractivity contribution in [3.8, 4) is 55.6 Å². The third-order valence-corrected chi connectivity index (χ3v) is 12.8. The van der Waals surface area contributed by atoms with Gasteiger partial charge in [0.15, 0.2) is 0 Å². The summed E-state index contributed by atoms with van der Waals surface area (Å²) in [5, 5.41) is 5.09. The van der Waals surface area contributed by atoms with Crippen molar-refractivity contribution in [2.24, 2.45) is 0 Å². The molecule has 0 aliphatic heterocycles. The molecule has 0 spiro atoms. The van der Waals surface area contributed by atoms with Crippen molar-refractivity contribution < 1.29 is 0 Å². The van der Waals surface area contributed by atoms with Crippen molar-refractivity contribution >= 4 is 59.3 Å². The average Bonchev–Trinajstić information content (AvgIpc) is 3.70. The van der Waals surface area contributed by atoms with Gasteiger partial charge in [-0.3, -0.25) is 0 Å². The van der Waals surface area contributed by atoms with Gasteiger partial charge in [0.2, 0.25) is 0 Å². The molecular weight excluding hydrogens is 743 g/mol. The van der Waals surface area contributed by atoms with E-state index in [0.29, 0.717) is 0 Å². The van der Waals surface area contributed by atoms with E-state index in [1.807, 2.05) is 11.3 Å². The van der Waals surface area contributed by atoms with Crippen LogP contribution in [0, 0.1) is 0 Å². The normalized spacial score (nSPS) is 11.3. The molecule has 0 fully saturated rings. The summed E-state index contributed by atoms with van der Waals surface area (Å²) in [6.07, 6.45) is 0. The first kappa shape index (κ1) is 35.6. The van der Waals surface area contributed by atoms with Crippen molar-refractivity contribution in [3.05, 3.63) is 237 Å². The first-order valence-electron chi connectivity index (χ1n) is 20.5. The van der Waals surface area contributed by atoms with Crippen molar-refractivity contribution in [3.63, 3.8) is 0 Å². The Morgan fingerprint density at radius 2 is 0.700 bits per heavy atom. The zero-order chi connectivity index (χ0) is 39.8. The first-order valence-corrected chi connectivity index (χ1v) is 21.3. The summed E-state index contributed by atoms with van der Waals surface area (Å²) in [5.74, 6) is 0. The molecule has 0 saturated carbocycles. The monoisotopic (exact) mass is 781 g/mol. The number of hydrogen-bond donors (Lipinski definition) is 0. The molecule has 0 saturated heterocycles. The molecule has 0 amide bonds. The Morgan fingerprint density at radius 1 is 0.233 bits per heavy atom. The Kier molecular flexibility index (Phi) is 9.11. The minimum atomic E-state index is 1.10. The molecule has 282 valence electrons. The highest BCUT2D eigenvalue weighted by molar-refractivity contribution is 7.25. The summed E-state index contributed by atoms with van der Waals surface area (Å²) < 4.78 is 2.60. The van der Waals surface area contributed by atoms with Crippen LogP contribution in [0.2, 0.25) is 0 Å². The third-order valence-electron chi connectivity index (χ3n) is 11.6. The fraction of sp³-hybridized carbons (Fsp3) is 0. The number of nitrogens with zero attached hydrogens (tertiary/aromatic N) is 1. The van der Waals surface area contributed by atoms with Crippen LogP contribution in [0.25, 0.3) is 86.6 Å². The van der Waals surface area contributed by atoms with Gasteiger partial charge in [-0.05, 0) is 133 Å². The van der Waals surface area contributed by atoms with E-state index < -0.39 is 0 Å². The molecule has 11 aromatic rings. The molecule has 0 aliphatic carbocycles. The molecule has 1 nitrogen and oxygen atoms in total. The van der Waals surface area contributed by atoms with Crippen LogP contribution in [0.4, 0.5) is 17.1 Å². The second-order valence-electron chi connectivity index (χ2n) is 15.4. The molecule has 10 aromatic carbocycles. The highest BCUT2D eigenvalue weighted by Gasteiger charge is 2.18. The highest BCUT2D eigenvalue weighted by Crippen LogP contribution is 2.43. The smallest absolute Gasteiger partial charge is 0.0473 e. The molecule has 0 bridgehead atoms. The molecule has 0 radical (unpaired) electrons. The molecule has 60 heavy (non-hydrogen) atoms. The van der Waals surface area contributed by atoms with E-state index in [9.17, 15) is 0 Å². The highest BCUT2D eigenvalue weighted by atomic mass is 32.1. The zero-order valence-corrected chi connectivity index (χ0v) is 33.7. The van der Waals surface area contributed by atoms with Crippen LogP contribution in [0.3, 0.4) is 0 Å². The van der Waals surface area contributed by atoms with E-state index in [1.54, 1.807) is 0 Å². The quantitative estimate of drug-likeness (QED) is 0.148. The van der Waals surface area contributed by atoms with Crippen LogP contribution >= 0.6 is 11.3 Å². The number of thiophene rings is 1. The van der Waals surface area contributed by atoms with Gasteiger partial charge in [0, 0.05) is 37.2 Å². The van der Waals surface area contributed by atoms with Gasteiger partial charge in [-0.25, -0.2) is 0 Å². The lowest BCUT2D eigenvalue weighted by Crippen LogP contribution is -2.10. The summed E-state index contributed by atoms with van der Waals surface area (Å²) in [5.41, 5.74) is 15.3. The van der Waals surface area contributed by atoms with Crippen LogP contribution in [-0.2, 0) is 0 Å². The van der Waals surface area contributed by atoms with Gasteiger partial charge in [0.1, 0.15) is 0 Å². The van der Waals surface area contributed by atoms with Crippen LogP contribution < -0.4 is 4.90 Å². The van der Waals surface area contributed by atoms with E-state index >= 15 is 0 Å². The summed E-state index contributed by atoms with van der Waals surface area (Å²) in [7, 11) is 0. The van der Waals surface area contributed by atoms with Crippen molar-refractivity contribution in [2.75, 3.05) is 4.90 Å². The Morgan fingerprint density at radius 3 is 1.40 bits per heavy atom. The van der Waals surface area contributed by atoms with Crippen molar-refractivity contribution in [2.45, 2.75) is 0 Å². The SMILES string of the molecule is c1ccc(-c2cc(-c3ccccc3)cc(N(c3ccc(-c4ccc(-c5cccc(-c6ccc7ccccc7c6)c5)cc4)cc3)c3ccc4sc5ccccc5c4c3)c2)cc1. The predicted molar refractivity (Wildman–Crippen MR) is 259 cm³/mol. The molecule has 0 atom stereocenters. The minimum absolute atomic E-state index is 1.10. The van der Waals surface area contributed by atoms with Crippen LogP contribution in [0.5, 0.6) is 0 Å². The van der Waals surface area contributed by atoms with Gasteiger partial charge >= 0.3 is 0 Å². The predicted octanol–water partition coefficient (Wildman–Crippen LogP) is 17.0.